The Balaban J connectivity index is 2.77. The number of hydrogen-bond donors (Lipinski definition) is 2. The highest BCUT2D eigenvalue weighted by Crippen LogP contribution is 2.22. The molecule has 88 valence electrons. The Labute approximate surface area is 96.3 Å². The van der Waals surface area contributed by atoms with Gasteiger partial charge in [0, 0.05) is 6.04 Å². The SMILES string of the molecule is C=CCCCC(NN)c1cc(F)ccc1C. The summed E-state index contributed by atoms with van der Waals surface area (Å²) in [5.41, 5.74) is 4.74. The standard InChI is InChI=1S/C13H19FN2/c1-3-4-5-6-13(16-15)12-9-11(14)8-7-10(12)2/h3,7-9,13,16H,1,4-6,15H2,2H3. The topological polar surface area (TPSA) is 38.0 Å². The first-order chi connectivity index (χ1) is 7.69. The summed E-state index contributed by atoms with van der Waals surface area (Å²) < 4.78 is 13.1. The van der Waals surface area contributed by atoms with Gasteiger partial charge in [-0.2, -0.15) is 0 Å². The predicted octanol–water partition coefficient (Wildman–Crippen LogP) is 2.99. The lowest BCUT2D eigenvalue weighted by Crippen LogP contribution is -2.28. The molecule has 0 amide bonds. The van der Waals surface area contributed by atoms with E-state index < -0.39 is 0 Å². The maximum Gasteiger partial charge on any atom is 0.123 e. The van der Waals surface area contributed by atoms with Gasteiger partial charge in [-0.25, -0.2) is 4.39 Å². The van der Waals surface area contributed by atoms with Crippen molar-refractivity contribution < 1.29 is 4.39 Å². The Bertz CT molecular complexity index is 350. The molecule has 0 spiro atoms. The van der Waals surface area contributed by atoms with E-state index in [1.165, 1.54) is 6.07 Å². The van der Waals surface area contributed by atoms with Gasteiger partial charge in [0.15, 0.2) is 0 Å². The van der Waals surface area contributed by atoms with E-state index in [1.54, 1.807) is 12.1 Å². The fourth-order valence-electron chi connectivity index (χ4n) is 1.78. The van der Waals surface area contributed by atoms with Gasteiger partial charge in [-0.3, -0.25) is 11.3 Å². The van der Waals surface area contributed by atoms with Crippen molar-refractivity contribution in [2.24, 2.45) is 5.84 Å². The maximum absolute atomic E-state index is 13.1. The summed E-state index contributed by atoms with van der Waals surface area (Å²) in [7, 11) is 0. The van der Waals surface area contributed by atoms with Gasteiger partial charge < -0.3 is 0 Å². The zero-order valence-electron chi connectivity index (χ0n) is 9.67. The lowest BCUT2D eigenvalue weighted by atomic mass is 9.97. The van der Waals surface area contributed by atoms with E-state index in [2.05, 4.69) is 12.0 Å². The van der Waals surface area contributed by atoms with Crippen LogP contribution in [-0.4, -0.2) is 0 Å². The van der Waals surface area contributed by atoms with Crippen molar-refractivity contribution in [3.8, 4) is 0 Å². The molecule has 1 atom stereocenters. The summed E-state index contributed by atoms with van der Waals surface area (Å²) in [5.74, 6) is 5.29. The number of nitrogens with one attached hydrogen (secondary N) is 1. The monoisotopic (exact) mass is 222 g/mol. The first-order valence-electron chi connectivity index (χ1n) is 5.52. The first kappa shape index (κ1) is 12.9. The van der Waals surface area contributed by atoms with Crippen LogP contribution in [0.5, 0.6) is 0 Å². The Morgan fingerprint density at radius 2 is 2.31 bits per heavy atom. The summed E-state index contributed by atoms with van der Waals surface area (Å²) >= 11 is 0. The molecule has 3 N–H and O–H groups in total. The minimum atomic E-state index is -0.218. The van der Waals surface area contributed by atoms with Crippen LogP contribution in [0.1, 0.15) is 36.4 Å². The second-order valence-corrected chi connectivity index (χ2v) is 3.94. The van der Waals surface area contributed by atoms with E-state index in [9.17, 15) is 4.39 Å². The molecule has 1 unspecified atom stereocenters. The summed E-state index contributed by atoms with van der Waals surface area (Å²) in [4.78, 5) is 0. The van der Waals surface area contributed by atoms with Crippen molar-refractivity contribution in [2.75, 3.05) is 0 Å². The van der Waals surface area contributed by atoms with Crippen LogP contribution >= 0.6 is 0 Å². The van der Waals surface area contributed by atoms with Crippen LogP contribution in [0.4, 0.5) is 4.39 Å². The molecule has 0 radical (unpaired) electrons. The van der Waals surface area contributed by atoms with Crippen LogP contribution in [0.3, 0.4) is 0 Å². The van der Waals surface area contributed by atoms with E-state index in [0.29, 0.717) is 0 Å². The van der Waals surface area contributed by atoms with E-state index >= 15 is 0 Å². The van der Waals surface area contributed by atoms with E-state index in [-0.39, 0.29) is 11.9 Å². The van der Waals surface area contributed by atoms with Crippen LogP contribution in [-0.2, 0) is 0 Å². The Kier molecular flexibility index (Phi) is 5.15. The number of rotatable bonds is 6. The zero-order chi connectivity index (χ0) is 12.0. The van der Waals surface area contributed by atoms with E-state index in [0.717, 1.165) is 30.4 Å². The smallest absolute Gasteiger partial charge is 0.123 e. The highest BCUT2D eigenvalue weighted by atomic mass is 19.1. The van der Waals surface area contributed by atoms with Gasteiger partial charge in [0.25, 0.3) is 0 Å². The predicted molar refractivity (Wildman–Crippen MR) is 65.2 cm³/mol. The summed E-state index contributed by atoms with van der Waals surface area (Å²) in [5, 5.41) is 0. The van der Waals surface area contributed by atoms with Gasteiger partial charge in [0.05, 0.1) is 0 Å². The number of unbranched alkanes of at least 4 members (excludes halogenated alkanes) is 1. The van der Waals surface area contributed by atoms with Crippen LogP contribution in [0.15, 0.2) is 30.9 Å². The zero-order valence-corrected chi connectivity index (χ0v) is 9.67. The van der Waals surface area contributed by atoms with Crippen LogP contribution in [0.25, 0.3) is 0 Å². The molecule has 0 saturated carbocycles. The highest BCUT2D eigenvalue weighted by molar-refractivity contribution is 5.29. The summed E-state index contributed by atoms with van der Waals surface area (Å²) in [6.07, 6.45) is 4.71. The quantitative estimate of drug-likeness (QED) is 0.336. The van der Waals surface area contributed by atoms with Gasteiger partial charge in [0.2, 0.25) is 0 Å². The van der Waals surface area contributed by atoms with Crippen molar-refractivity contribution >= 4 is 0 Å². The third-order valence-corrected chi connectivity index (χ3v) is 2.72. The van der Waals surface area contributed by atoms with Crippen LogP contribution in [0, 0.1) is 12.7 Å². The largest absolute Gasteiger partial charge is 0.271 e. The fraction of sp³-hybridized carbons (Fsp3) is 0.385. The lowest BCUT2D eigenvalue weighted by molar-refractivity contribution is 0.495. The molecule has 2 nitrogen and oxygen atoms in total. The normalized spacial score (nSPS) is 12.4. The molecule has 1 aromatic rings. The van der Waals surface area contributed by atoms with Crippen molar-refractivity contribution in [1.82, 2.24) is 5.43 Å². The van der Waals surface area contributed by atoms with Crippen molar-refractivity contribution in [2.45, 2.75) is 32.2 Å². The minimum Gasteiger partial charge on any atom is -0.271 e. The van der Waals surface area contributed by atoms with Crippen molar-refractivity contribution in [3.63, 3.8) is 0 Å². The first-order valence-corrected chi connectivity index (χ1v) is 5.52. The molecule has 0 aromatic heterocycles. The van der Waals surface area contributed by atoms with Gasteiger partial charge in [0.1, 0.15) is 5.82 Å². The van der Waals surface area contributed by atoms with Crippen molar-refractivity contribution in [3.05, 3.63) is 47.8 Å². The third kappa shape index (κ3) is 3.43. The average Bonchev–Trinajstić information content (AvgIpc) is 2.28. The molecule has 0 aliphatic carbocycles. The molecule has 0 saturated heterocycles. The second kappa shape index (κ2) is 6.40. The van der Waals surface area contributed by atoms with Gasteiger partial charge in [-0.05, 0) is 49.4 Å². The highest BCUT2D eigenvalue weighted by Gasteiger charge is 2.12. The molecule has 0 bridgehead atoms. The average molecular weight is 222 g/mol. The number of hydrogen-bond acceptors (Lipinski definition) is 2. The maximum atomic E-state index is 13.1. The number of allylic oxidation sites excluding steroid dienone is 1. The van der Waals surface area contributed by atoms with Gasteiger partial charge in [-0.15, -0.1) is 6.58 Å². The Hall–Kier alpha value is -1.19. The molecule has 0 aliphatic rings. The number of benzene rings is 1. The summed E-state index contributed by atoms with van der Waals surface area (Å²) in [6.45, 7) is 5.64. The molecule has 1 aromatic carbocycles. The van der Waals surface area contributed by atoms with Crippen LogP contribution in [0.2, 0.25) is 0 Å². The van der Waals surface area contributed by atoms with Gasteiger partial charge in [-0.1, -0.05) is 12.1 Å². The number of nitrogens with two attached hydrogens (primary N) is 1. The van der Waals surface area contributed by atoms with E-state index in [1.807, 2.05) is 13.0 Å². The molecular weight excluding hydrogens is 203 g/mol. The van der Waals surface area contributed by atoms with Gasteiger partial charge >= 0.3 is 0 Å². The van der Waals surface area contributed by atoms with E-state index in [4.69, 9.17) is 5.84 Å². The number of hydrazine groups is 1. The number of aryl methyl sites for hydroxylation is 1. The molecule has 0 fully saturated rings. The Morgan fingerprint density at radius 3 is 2.94 bits per heavy atom. The number of halogens is 1. The minimum absolute atomic E-state index is 0.00986. The molecule has 0 aliphatic heterocycles. The molecule has 16 heavy (non-hydrogen) atoms. The fourth-order valence-corrected chi connectivity index (χ4v) is 1.78. The third-order valence-electron chi connectivity index (χ3n) is 2.72. The lowest BCUT2D eigenvalue weighted by Gasteiger charge is -2.18. The molecule has 0 heterocycles. The molecule has 1 rings (SSSR count). The Morgan fingerprint density at radius 1 is 1.56 bits per heavy atom. The van der Waals surface area contributed by atoms with Crippen LogP contribution < -0.4 is 11.3 Å². The molecule has 3 heteroatoms. The van der Waals surface area contributed by atoms with Crippen molar-refractivity contribution in [1.29, 1.82) is 0 Å². The second-order valence-electron chi connectivity index (χ2n) is 3.94. The summed E-state index contributed by atoms with van der Waals surface area (Å²) in [6, 6.07) is 4.81. The molecular formula is C13H19FN2.